The summed E-state index contributed by atoms with van der Waals surface area (Å²) in [6.07, 6.45) is 4.07. The number of hydroxylamine groups is 1. The molecule has 0 saturated heterocycles. The van der Waals surface area contributed by atoms with Crippen LogP contribution in [0, 0.1) is 0 Å². The molecule has 0 heterocycles. The zero-order valence-corrected chi connectivity index (χ0v) is 11.8. The van der Waals surface area contributed by atoms with E-state index in [0.29, 0.717) is 12.5 Å². The normalized spacial score (nSPS) is 12.7. The second-order valence-corrected chi connectivity index (χ2v) is 4.78. The van der Waals surface area contributed by atoms with Crippen LogP contribution < -0.4 is 5.48 Å². The fraction of sp³-hybridized carbons (Fsp3) is 0.222. The third-order valence-corrected chi connectivity index (χ3v) is 3.15. The fourth-order valence-corrected chi connectivity index (χ4v) is 1.94. The SMILES string of the molecule is CC(CNOC/C=C/c1ccccc1)c1ccccc1. The van der Waals surface area contributed by atoms with Gasteiger partial charge in [0.05, 0.1) is 6.61 Å². The summed E-state index contributed by atoms with van der Waals surface area (Å²) in [7, 11) is 0. The number of hydrogen-bond donors (Lipinski definition) is 1. The first-order valence-corrected chi connectivity index (χ1v) is 6.97. The summed E-state index contributed by atoms with van der Waals surface area (Å²) in [5, 5.41) is 0. The van der Waals surface area contributed by atoms with Crippen molar-refractivity contribution >= 4 is 6.08 Å². The average molecular weight is 267 g/mol. The second-order valence-electron chi connectivity index (χ2n) is 4.78. The van der Waals surface area contributed by atoms with Crippen LogP contribution in [0.1, 0.15) is 24.0 Å². The molecular formula is C18H21NO. The Morgan fingerprint density at radius 2 is 1.65 bits per heavy atom. The summed E-state index contributed by atoms with van der Waals surface area (Å²) in [4.78, 5) is 5.41. The van der Waals surface area contributed by atoms with E-state index in [-0.39, 0.29) is 0 Å². The molecule has 2 heteroatoms. The molecule has 0 saturated carbocycles. The Kier molecular flexibility index (Phi) is 6.03. The van der Waals surface area contributed by atoms with Gasteiger partial charge in [0, 0.05) is 6.54 Å². The lowest BCUT2D eigenvalue weighted by Gasteiger charge is -2.12. The lowest BCUT2D eigenvalue weighted by molar-refractivity contribution is 0.0598. The van der Waals surface area contributed by atoms with Crippen LogP contribution in [0.2, 0.25) is 0 Å². The van der Waals surface area contributed by atoms with E-state index < -0.39 is 0 Å². The molecule has 0 aliphatic carbocycles. The van der Waals surface area contributed by atoms with Gasteiger partial charge in [0.25, 0.3) is 0 Å². The quantitative estimate of drug-likeness (QED) is 0.604. The Bertz CT molecular complexity index is 507. The van der Waals surface area contributed by atoms with Crippen molar-refractivity contribution in [3.63, 3.8) is 0 Å². The molecule has 1 unspecified atom stereocenters. The number of rotatable bonds is 7. The molecule has 0 aromatic heterocycles. The molecule has 2 nitrogen and oxygen atoms in total. The summed E-state index contributed by atoms with van der Waals surface area (Å²) in [6, 6.07) is 20.7. The Labute approximate surface area is 121 Å². The van der Waals surface area contributed by atoms with Gasteiger partial charge in [0.15, 0.2) is 0 Å². The van der Waals surface area contributed by atoms with Crippen molar-refractivity contribution in [3.8, 4) is 0 Å². The summed E-state index contributed by atoms with van der Waals surface area (Å²) < 4.78 is 0. The minimum atomic E-state index is 0.439. The van der Waals surface area contributed by atoms with Crippen molar-refractivity contribution in [3.05, 3.63) is 77.9 Å². The molecule has 20 heavy (non-hydrogen) atoms. The van der Waals surface area contributed by atoms with Crippen molar-refractivity contribution in [1.82, 2.24) is 5.48 Å². The highest BCUT2D eigenvalue weighted by molar-refractivity contribution is 5.48. The third kappa shape index (κ3) is 5.00. The van der Waals surface area contributed by atoms with Crippen LogP contribution in [0.25, 0.3) is 6.08 Å². The molecule has 0 radical (unpaired) electrons. The number of nitrogens with one attached hydrogen (secondary N) is 1. The van der Waals surface area contributed by atoms with E-state index in [2.05, 4.69) is 54.9 Å². The highest BCUT2D eigenvalue weighted by Gasteiger charge is 2.03. The lowest BCUT2D eigenvalue weighted by atomic mass is 10.0. The van der Waals surface area contributed by atoms with E-state index in [0.717, 1.165) is 6.54 Å². The predicted molar refractivity (Wildman–Crippen MR) is 84.3 cm³/mol. The molecule has 2 aromatic carbocycles. The van der Waals surface area contributed by atoms with Crippen molar-refractivity contribution in [2.24, 2.45) is 0 Å². The predicted octanol–water partition coefficient (Wildman–Crippen LogP) is 4.02. The average Bonchev–Trinajstić information content (AvgIpc) is 2.52. The van der Waals surface area contributed by atoms with Crippen LogP contribution in [0.15, 0.2) is 66.7 Å². The lowest BCUT2D eigenvalue weighted by Crippen LogP contribution is -2.20. The maximum absolute atomic E-state index is 5.41. The first-order valence-electron chi connectivity index (χ1n) is 6.97. The highest BCUT2D eigenvalue weighted by Crippen LogP contribution is 2.12. The first-order chi connectivity index (χ1) is 9.86. The van der Waals surface area contributed by atoms with Crippen LogP contribution in [-0.4, -0.2) is 13.2 Å². The van der Waals surface area contributed by atoms with Gasteiger partial charge in [-0.15, -0.1) is 0 Å². The molecule has 0 spiro atoms. The highest BCUT2D eigenvalue weighted by atomic mass is 16.6. The van der Waals surface area contributed by atoms with Gasteiger partial charge in [-0.25, -0.2) is 5.48 Å². The van der Waals surface area contributed by atoms with Crippen molar-refractivity contribution < 1.29 is 4.84 Å². The largest absolute Gasteiger partial charge is 0.298 e. The second kappa shape index (κ2) is 8.31. The molecule has 0 bridgehead atoms. The summed E-state index contributed by atoms with van der Waals surface area (Å²) in [5.41, 5.74) is 5.53. The van der Waals surface area contributed by atoms with E-state index in [1.54, 1.807) is 0 Å². The summed E-state index contributed by atoms with van der Waals surface area (Å²) in [5.74, 6) is 0.439. The Morgan fingerprint density at radius 1 is 1.00 bits per heavy atom. The van der Waals surface area contributed by atoms with Gasteiger partial charge >= 0.3 is 0 Å². The van der Waals surface area contributed by atoms with Crippen LogP contribution in [-0.2, 0) is 4.84 Å². The standard InChI is InChI=1S/C18H21NO/c1-16(18-12-6-3-7-13-18)15-19-20-14-8-11-17-9-4-2-5-10-17/h2-13,16,19H,14-15H2,1H3/b11-8+. The van der Waals surface area contributed by atoms with E-state index in [4.69, 9.17) is 4.84 Å². The van der Waals surface area contributed by atoms with Crippen LogP contribution in [0.3, 0.4) is 0 Å². The topological polar surface area (TPSA) is 21.3 Å². The van der Waals surface area contributed by atoms with Gasteiger partial charge in [-0.05, 0) is 17.0 Å². The maximum atomic E-state index is 5.41. The molecule has 1 N–H and O–H groups in total. The van der Waals surface area contributed by atoms with Gasteiger partial charge < -0.3 is 0 Å². The van der Waals surface area contributed by atoms with Gasteiger partial charge in [0.1, 0.15) is 0 Å². The number of hydrogen-bond acceptors (Lipinski definition) is 2. The Balaban J connectivity index is 1.63. The molecule has 1 atom stereocenters. The zero-order valence-electron chi connectivity index (χ0n) is 11.8. The van der Waals surface area contributed by atoms with Crippen molar-refractivity contribution in [1.29, 1.82) is 0 Å². The van der Waals surface area contributed by atoms with E-state index in [1.165, 1.54) is 11.1 Å². The maximum Gasteiger partial charge on any atom is 0.0866 e. The molecule has 0 aliphatic heterocycles. The molecule has 104 valence electrons. The molecule has 0 aliphatic rings. The smallest absolute Gasteiger partial charge is 0.0866 e. The summed E-state index contributed by atoms with van der Waals surface area (Å²) >= 11 is 0. The van der Waals surface area contributed by atoms with Crippen LogP contribution >= 0.6 is 0 Å². The third-order valence-electron chi connectivity index (χ3n) is 3.15. The van der Waals surface area contributed by atoms with Crippen molar-refractivity contribution in [2.45, 2.75) is 12.8 Å². The van der Waals surface area contributed by atoms with E-state index >= 15 is 0 Å². The van der Waals surface area contributed by atoms with Gasteiger partial charge in [-0.2, -0.15) is 0 Å². The van der Waals surface area contributed by atoms with Crippen LogP contribution in [0.5, 0.6) is 0 Å². The molecule has 2 aromatic rings. The Morgan fingerprint density at radius 3 is 2.35 bits per heavy atom. The molecule has 0 amide bonds. The van der Waals surface area contributed by atoms with Gasteiger partial charge in [-0.1, -0.05) is 79.7 Å². The minimum absolute atomic E-state index is 0.439. The zero-order chi connectivity index (χ0) is 14.0. The fourth-order valence-electron chi connectivity index (χ4n) is 1.94. The summed E-state index contributed by atoms with van der Waals surface area (Å²) in [6.45, 7) is 3.56. The number of benzene rings is 2. The van der Waals surface area contributed by atoms with Gasteiger partial charge in [-0.3, -0.25) is 4.84 Å². The van der Waals surface area contributed by atoms with Gasteiger partial charge in [0.2, 0.25) is 0 Å². The van der Waals surface area contributed by atoms with Crippen LogP contribution in [0.4, 0.5) is 0 Å². The molecule has 0 fully saturated rings. The first kappa shape index (κ1) is 14.5. The Hall–Kier alpha value is -1.90. The monoisotopic (exact) mass is 267 g/mol. The van der Waals surface area contributed by atoms with Crippen molar-refractivity contribution in [2.75, 3.05) is 13.2 Å². The molecule has 2 rings (SSSR count). The molecular weight excluding hydrogens is 246 g/mol. The minimum Gasteiger partial charge on any atom is -0.298 e. The van der Waals surface area contributed by atoms with E-state index in [9.17, 15) is 0 Å². The van der Waals surface area contributed by atoms with E-state index in [1.807, 2.05) is 30.3 Å².